The van der Waals surface area contributed by atoms with Crippen molar-refractivity contribution in [2.75, 3.05) is 6.61 Å². The monoisotopic (exact) mass is 318 g/mol. The minimum absolute atomic E-state index is 0.123. The molecular weight excluding hydrogens is 296 g/mol. The van der Waals surface area contributed by atoms with Gasteiger partial charge in [-0.15, -0.1) is 0 Å². The lowest BCUT2D eigenvalue weighted by Crippen LogP contribution is -2.04. The highest BCUT2D eigenvalue weighted by Crippen LogP contribution is 2.30. The molecule has 0 aliphatic heterocycles. The number of halogens is 1. The van der Waals surface area contributed by atoms with Gasteiger partial charge in [0.2, 0.25) is 0 Å². The summed E-state index contributed by atoms with van der Waals surface area (Å²) in [5.41, 5.74) is 0.872. The Hall–Kier alpha value is -0.740. The molecule has 1 aromatic rings. The molecule has 0 bridgehead atoms. The Morgan fingerprint density at radius 1 is 1.20 bits per heavy atom. The Morgan fingerprint density at radius 3 is 2.35 bits per heavy atom. The summed E-state index contributed by atoms with van der Waals surface area (Å²) in [6.45, 7) is 9.01. The van der Waals surface area contributed by atoms with Crippen molar-refractivity contribution in [3.63, 3.8) is 0 Å². The van der Waals surface area contributed by atoms with Gasteiger partial charge in [0.1, 0.15) is 5.75 Å². The fourth-order valence-corrected chi connectivity index (χ4v) is 2.72. The fourth-order valence-electron chi connectivity index (χ4n) is 1.93. The van der Waals surface area contributed by atoms with E-state index in [1.807, 2.05) is 13.8 Å². The SMILES string of the molecule is CC(C)CCCOc1ccc(S(=O)(=O)Cl)cc1C(C)C. The molecule has 0 saturated heterocycles. The highest BCUT2D eigenvalue weighted by atomic mass is 35.7. The second kappa shape index (κ2) is 7.32. The van der Waals surface area contributed by atoms with Crippen LogP contribution in [0.25, 0.3) is 0 Å². The lowest BCUT2D eigenvalue weighted by molar-refractivity contribution is 0.294. The molecule has 0 amide bonds. The molecule has 0 atom stereocenters. The lowest BCUT2D eigenvalue weighted by atomic mass is 10.0. The van der Waals surface area contributed by atoms with Crippen LogP contribution in [0.4, 0.5) is 0 Å². The zero-order valence-corrected chi connectivity index (χ0v) is 14.1. The van der Waals surface area contributed by atoms with Gasteiger partial charge in [-0.2, -0.15) is 0 Å². The van der Waals surface area contributed by atoms with Crippen molar-refractivity contribution in [3.05, 3.63) is 23.8 Å². The average Bonchev–Trinajstić information content (AvgIpc) is 2.33. The van der Waals surface area contributed by atoms with E-state index in [9.17, 15) is 8.42 Å². The van der Waals surface area contributed by atoms with E-state index < -0.39 is 9.05 Å². The van der Waals surface area contributed by atoms with Gasteiger partial charge in [0.15, 0.2) is 0 Å². The molecule has 0 saturated carbocycles. The quantitative estimate of drug-likeness (QED) is 0.547. The predicted octanol–water partition coefficient (Wildman–Crippen LogP) is 4.55. The minimum atomic E-state index is -3.70. The highest BCUT2D eigenvalue weighted by Gasteiger charge is 2.15. The maximum Gasteiger partial charge on any atom is 0.261 e. The van der Waals surface area contributed by atoms with E-state index in [0.717, 1.165) is 24.2 Å². The smallest absolute Gasteiger partial charge is 0.261 e. The zero-order chi connectivity index (χ0) is 15.3. The van der Waals surface area contributed by atoms with Crippen molar-refractivity contribution in [3.8, 4) is 5.75 Å². The van der Waals surface area contributed by atoms with E-state index in [-0.39, 0.29) is 10.8 Å². The van der Waals surface area contributed by atoms with E-state index >= 15 is 0 Å². The predicted molar refractivity (Wildman–Crippen MR) is 83.1 cm³/mol. The van der Waals surface area contributed by atoms with Crippen molar-refractivity contribution >= 4 is 19.7 Å². The molecule has 0 N–H and O–H groups in total. The molecule has 0 radical (unpaired) electrons. The third kappa shape index (κ3) is 5.33. The van der Waals surface area contributed by atoms with Gasteiger partial charge in [-0.25, -0.2) is 8.42 Å². The van der Waals surface area contributed by atoms with Gasteiger partial charge in [-0.1, -0.05) is 27.7 Å². The van der Waals surface area contributed by atoms with Gasteiger partial charge >= 0.3 is 0 Å². The molecule has 0 unspecified atom stereocenters. The molecule has 0 aliphatic rings. The van der Waals surface area contributed by atoms with Crippen LogP contribution >= 0.6 is 10.7 Å². The summed E-state index contributed by atoms with van der Waals surface area (Å²) in [7, 11) is 1.69. The molecule has 1 aromatic carbocycles. The normalized spacial score (nSPS) is 12.2. The van der Waals surface area contributed by atoms with E-state index in [2.05, 4.69) is 13.8 Å². The number of rotatable bonds is 7. The lowest BCUT2D eigenvalue weighted by Gasteiger charge is -2.15. The van der Waals surface area contributed by atoms with E-state index in [4.69, 9.17) is 15.4 Å². The summed E-state index contributed by atoms with van der Waals surface area (Å²) in [6.07, 6.45) is 2.11. The highest BCUT2D eigenvalue weighted by molar-refractivity contribution is 8.13. The first-order valence-corrected chi connectivity index (χ1v) is 9.24. The number of ether oxygens (including phenoxy) is 1. The Labute approximate surface area is 126 Å². The third-order valence-electron chi connectivity index (χ3n) is 3.07. The minimum Gasteiger partial charge on any atom is -0.493 e. The summed E-state index contributed by atoms with van der Waals surface area (Å²) in [5, 5.41) is 0. The molecule has 3 nitrogen and oxygen atoms in total. The Bertz CT molecular complexity index is 536. The fraction of sp³-hybridized carbons (Fsp3) is 0.600. The summed E-state index contributed by atoms with van der Waals surface area (Å²) < 4.78 is 28.5. The van der Waals surface area contributed by atoms with Crippen molar-refractivity contribution in [1.82, 2.24) is 0 Å². The molecule has 1 rings (SSSR count). The summed E-state index contributed by atoms with van der Waals surface area (Å²) in [4.78, 5) is 0.123. The molecule has 0 aromatic heterocycles. The number of benzene rings is 1. The van der Waals surface area contributed by atoms with Gasteiger partial charge in [-0.3, -0.25) is 0 Å². The number of hydrogen-bond acceptors (Lipinski definition) is 3. The van der Waals surface area contributed by atoms with Crippen LogP contribution in [0, 0.1) is 5.92 Å². The summed E-state index contributed by atoms with van der Waals surface area (Å²) >= 11 is 0. The Kier molecular flexibility index (Phi) is 6.34. The van der Waals surface area contributed by atoms with Gasteiger partial charge in [0.05, 0.1) is 11.5 Å². The molecule has 20 heavy (non-hydrogen) atoms. The molecular formula is C15H23ClO3S. The van der Waals surface area contributed by atoms with Crippen LogP contribution < -0.4 is 4.74 Å². The van der Waals surface area contributed by atoms with Crippen LogP contribution in [0.2, 0.25) is 0 Å². The van der Waals surface area contributed by atoms with Crippen molar-refractivity contribution in [1.29, 1.82) is 0 Å². The molecule has 5 heteroatoms. The maximum atomic E-state index is 11.4. The third-order valence-corrected chi connectivity index (χ3v) is 4.42. The van der Waals surface area contributed by atoms with Crippen LogP contribution in [-0.2, 0) is 9.05 Å². The molecule has 0 aliphatic carbocycles. The average molecular weight is 319 g/mol. The second-order valence-corrected chi connectivity index (χ2v) is 8.24. The molecule has 0 spiro atoms. The van der Waals surface area contributed by atoms with E-state index in [1.165, 1.54) is 6.07 Å². The molecule has 0 heterocycles. The van der Waals surface area contributed by atoms with Gasteiger partial charge in [0.25, 0.3) is 9.05 Å². The second-order valence-electron chi connectivity index (χ2n) is 5.68. The van der Waals surface area contributed by atoms with Crippen LogP contribution in [-0.4, -0.2) is 15.0 Å². The summed E-state index contributed by atoms with van der Waals surface area (Å²) in [6, 6.07) is 4.79. The van der Waals surface area contributed by atoms with Gasteiger partial charge in [-0.05, 0) is 48.4 Å². The number of hydrogen-bond donors (Lipinski definition) is 0. The first-order valence-electron chi connectivity index (χ1n) is 6.93. The summed E-state index contributed by atoms with van der Waals surface area (Å²) in [5.74, 6) is 1.58. The topological polar surface area (TPSA) is 43.4 Å². The van der Waals surface area contributed by atoms with Crippen LogP contribution in [0.15, 0.2) is 23.1 Å². The Balaban J connectivity index is 2.86. The largest absolute Gasteiger partial charge is 0.493 e. The van der Waals surface area contributed by atoms with E-state index in [0.29, 0.717) is 12.5 Å². The first kappa shape index (κ1) is 17.3. The van der Waals surface area contributed by atoms with Crippen molar-refractivity contribution in [2.24, 2.45) is 5.92 Å². The maximum absolute atomic E-state index is 11.4. The molecule has 0 fully saturated rings. The van der Waals surface area contributed by atoms with Crippen molar-refractivity contribution in [2.45, 2.75) is 51.3 Å². The van der Waals surface area contributed by atoms with Crippen LogP contribution in [0.3, 0.4) is 0 Å². The first-order chi connectivity index (χ1) is 9.21. The van der Waals surface area contributed by atoms with Crippen LogP contribution in [0.5, 0.6) is 5.75 Å². The Morgan fingerprint density at radius 2 is 1.85 bits per heavy atom. The van der Waals surface area contributed by atoms with E-state index in [1.54, 1.807) is 12.1 Å². The van der Waals surface area contributed by atoms with Crippen molar-refractivity contribution < 1.29 is 13.2 Å². The standard InChI is InChI=1S/C15H23ClO3S/c1-11(2)6-5-9-19-15-8-7-13(20(16,17)18)10-14(15)12(3)4/h7-8,10-12H,5-6,9H2,1-4H3. The molecule has 114 valence electrons. The van der Waals surface area contributed by atoms with Gasteiger partial charge < -0.3 is 4.74 Å². The van der Waals surface area contributed by atoms with Crippen LogP contribution in [0.1, 0.15) is 52.0 Å². The van der Waals surface area contributed by atoms with Gasteiger partial charge in [0, 0.05) is 10.7 Å². The zero-order valence-electron chi connectivity index (χ0n) is 12.5.